The van der Waals surface area contributed by atoms with E-state index in [0.29, 0.717) is 32.0 Å². The number of hydrogen-bond acceptors (Lipinski definition) is 3. The van der Waals surface area contributed by atoms with E-state index in [4.69, 9.17) is 5.73 Å². The lowest BCUT2D eigenvalue weighted by molar-refractivity contribution is 0.309. The summed E-state index contributed by atoms with van der Waals surface area (Å²) in [7, 11) is -1.62. The lowest BCUT2D eigenvalue weighted by atomic mass is 10.0. The normalized spacial score (nSPS) is 19.5. The van der Waals surface area contributed by atoms with Gasteiger partial charge in [-0.3, -0.25) is 0 Å². The topological polar surface area (TPSA) is 66.6 Å². The molecule has 0 aliphatic carbocycles. The molecule has 7 heteroatoms. The fourth-order valence-electron chi connectivity index (χ4n) is 2.07. The van der Waals surface area contributed by atoms with Crippen LogP contribution in [0.5, 0.6) is 0 Å². The molecular formula is C12H28ClN3O2S. The van der Waals surface area contributed by atoms with Gasteiger partial charge in [-0.15, -0.1) is 12.4 Å². The predicted molar refractivity (Wildman–Crippen MR) is 81.7 cm³/mol. The molecule has 0 saturated carbocycles. The van der Waals surface area contributed by atoms with Gasteiger partial charge in [0.1, 0.15) is 0 Å². The van der Waals surface area contributed by atoms with E-state index in [2.05, 4.69) is 13.8 Å². The molecular weight excluding hydrogens is 286 g/mol. The summed E-state index contributed by atoms with van der Waals surface area (Å²) in [6.07, 6.45) is 3.78. The van der Waals surface area contributed by atoms with Gasteiger partial charge in [0, 0.05) is 32.7 Å². The Hall–Kier alpha value is 0.120. The lowest BCUT2D eigenvalue weighted by Crippen LogP contribution is -2.45. The molecule has 1 rings (SSSR count). The van der Waals surface area contributed by atoms with Crippen LogP contribution in [0.3, 0.4) is 0 Å². The molecule has 0 aromatic rings. The van der Waals surface area contributed by atoms with Gasteiger partial charge in [0.2, 0.25) is 0 Å². The molecule has 19 heavy (non-hydrogen) atoms. The van der Waals surface area contributed by atoms with Crippen LogP contribution < -0.4 is 5.73 Å². The minimum Gasteiger partial charge on any atom is -0.327 e. The monoisotopic (exact) mass is 313 g/mol. The number of piperidine rings is 1. The zero-order valence-electron chi connectivity index (χ0n) is 12.2. The second-order valence-corrected chi connectivity index (χ2v) is 7.52. The van der Waals surface area contributed by atoms with E-state index in [1.54, 1.807) is 11.4 Å². The molecule has 1 aliphatic heterocycles. The van der Waals surface area contributed by atoms with Crippen molar-refractivity contribution in [1.82, 2.24) is 8.61 Å². The summed E-state index contributed by atoms with van der Waals surface area (Å²) in [5.74, 6) is 0.385. The van der Waals surface area contributed by atoms with Crippen LogP contribution in [0.2, 0.25) is 0 Å². The Morgan fingerprint density at radius 3 is 2.21 bits per heavy atom. The first kappa shape index (κ1) is 19.1. The zero-order valence-corrected chi connectivity index (χ0v) is 13.8. The third-order valence-electron chi connectivity index (χ3n) is 3.67. The van der Waals surface area contributed by atoms with Crippen molar-refractivity contribution in [1.29, 1.82) is 0 Å². The maximum absolute atomic E-state index is 12.3. The molecule has 1 saturated heterocycles. The highest BCUT2D eigenvalue weighted by Crippen LogP contribution is 2.16. The van der Waals surface area contributed by atoms with E-state index in [1.807, 2.05) is 0 Å². The van der Waals surface area contributed by atoms with Crippen molar-refractivity contribution in [3.8, 4) is 0 Å². The second-order valence-electron chi connectivity index (χ2n) is 5.49. The molecule has 1 unspecified atom stereocenters. The first-order valence-corrected chi connectivity index (χ1v) is 8.22. The Labute approximate surface area is 124 Å². The Morgan fingerprint density at radius 2 is 1.74 bits per heavy atom. The van der Waals surface area contributed by atoms with Crippen LogP contribution in [0.15, 0.2) is 0 Å². The standard InChI is InChI=1S/C12H27N3O2S.ClH/c1-11(2)12(13)7-10-14(3)18(16,17)15-8-5-4-6-9-15;/h11-12H,4-10,13H2,1-3H3;1H. The molecule has 0 aromatic heterocycles. The summed E-state index contributed by atoms with van der Waals surface area (Å²) in [6, 6.07) is 0.0593. The van der Waals surface area contributed by atoms with Crippen molar-refractivity contribution >= 4 is 22.6 Å². The van der Waals surface area contributed by atoms with Crippen LogP contribution in [0.1, 0.15) is 39.5 Å². The summed E-state index contributed by atoms with van der Waals surface area (Å²) in [5.41, 5.74) is 5.95. The van der Waals surface area contributed by atoms with E-state index in [-0.39, 0.29) is 18.4 Å². The van der Waals surface area contributed by atoms with Gasteiger partial charge in [-0.05, 0) is 25.2 Å². The molecule has 2 N–H and O–H groups in total. The van der Waals surface area contributed by atoms with Gasteiger partial charge in [0.15, 0.2) is 0 Å². The minimum atomic E-state index is -3.27. The smallest absolute Gasteiger partial charge is 0.281 e. The van der Waals surface area contributed by atoms with E-state index in [1.165, 1.54) is 4.31 Å². The molecule has 5 nitrogen and oxygen atoms in total. The molecule has 0 radical (unpaired) electrons. The van der Waals surface area contributed by atoms with E-state index < -0.39 is 10.2 Å². The SMILES string of the molecule is CC(C)C(N)CCN(C)S(=O)(=O)N1CCCCC1.Cl. The highest BCUT2D eigenvalue weighted by molar-refractivity contribution is 7.86. The number of rotatable bonds is 6. The van der Waals surface area contributed by atoms with Crippen LogP contribution in [-0.2, 0) is 10.2 Å². The predicted octanol–water partition coefficient (Wildman–Crippen LogP) is 1.44. The first-order chi connectivity index (χ1) is 8.35. The fourth-order valence-corrected chi connectivity index (χ4v) is 3.52. The number of nitrogens with two attached hydrogens (primary N) is 1. The van der Waals surface area contributed by atoms with E-state index in [0.717, 1.165) is 19.3 Å². The van der Waals surface area contributed by atoms with Crippen molar-refractivity contribution in [3.05, 3.63) is 0 Å². The summed E-state index contributed by atoms with van der Waals surface area (Å²) in [4.78, 5) is 0. The van der Waals surface area contributed by atoms with Gasteiger partial charge in [-0.25, -0.2) is 0 Å². The number of hydrogen-bond donors (Lipinski definition) is 1. The molecule has 0 bridgehead atoms. The van der Waals surface area contributed by atoms with Crippen LogP contribution in [0.25, 0.3) is 0 Å². The fraction of sp³-hybridized carbons (Fsp3) is 1.00. The van der Waals surface area contributed by atoms with Gasteiger partial charge in [0.05, 0.1) is 0 Å². The Balaban J connectivity index is 0.00000324. The van der Waals surface area contributed by atoms with Gasteiger partial charge in [0.25, 0.3) is 10.2 Å². The molecule has 1 fully saturated rings. The van der Waals surface area contributed by atoms with Crippen LogP contribution in [0, 0.1) is 5.92 Å². The van der Waals surface area contributed by atoms with Crippen molar-refractivity contribution in [2.24, 2.45) is 11.7 Å². The largest absolute Gasteiger partial charge is 0.327 e. The van der Waals surface area contributed by atoms with Crippen LogP contribution >= 0.6 is 12.4 Å². The van der Waals surface area contributed by atoms with Gasteiger partial charge in [-0.1, -0.05) is 20.3 Å². The van der Waals surface area contributed by atoms with Gasteiger partial charge in [-0.2, -0.15) is 17.0 Å². The molecule has 116 valence electrons. The molecule has 0 aromatic carbocycles. The molecule has 1 atom stereocenters. The minimum absolute atomic E-state index is 0. The van der Waals surface area contributed by atoms with Gasteiger partial charge < -0.3 is 5.73 Å². The van der Waals surface area contributed by atoms with Gasteiger partial charge >= 0.3 is 0 Å². The zero-order chi connectivity index (χ0) is 13.8. The molecule has 0 amide bonds. The molecule has 1 heterocycles. The summed E-state index contributed by atoms with van der Waals surface area (Å²) in [6.45, 7) is 5.93. The summed E-state index contributed by atoms with van der Waals surface area (Å²) in [5, 5.41) is 0. The maximum atomic E-state index is 12.3. The van der Waals surface area contributed by atoms with Crippen molar-refractivity contribution in [2.45, 2.75) is 45.6 Å². The van der Waals surface area contributed by atoms with Crippen molar-refractivity contribution < 1.29 is 8.42 Å². The summed E-state index contributed by atoms with van der Waals surface area (Å²) < 4.78 is 27.6. The maximum Gasteiger partial charge on any atom is 0.281 e. The average Bonchev–Trinajstić information content (AvgIpc) is 2.36. The van der Waals surface area contributed by atoms with E-state index >= 15 is 0 Å². The van der Waals surface area contributed by atoms with Crippen molar-refractivity contribution in [3.63, 3.8) is 0 Å². The lowest BCUT2D eigenvalue weighted by Gasteiger charge is -2.30. The Bertz CT molecular complexity index is 343. The van der Waals surface area contributed by atoms with Crippen LogP contribution in [-0.4, -0.2) is 49.8 Å². The Morgan fingerprint density at radius 1 is 1.21 bits per heavy atom. The second kappa shape index (κ2) is 8.42. The van der Waals surface area contributed by atoms with Crippen molar-refractivity contribution in [2.75, 3.05) is 26.7 Å². The third kappa shape index (κ3) is 5.55. The summed E-state index contributed by atoms with van der Waals surface area (Å²) >= 11 is 0. The number of nitrogens with zero attached hydrogens (tertiary/aromatic N) is 2. The third-order valence-corrected chi connectivity index (χ3v) is 5.66. The Kier molecular flexibility index (Phi) is 8.47. The highest BCUT2D eigenvalue weighted by Gasteiger charge is 2.28. The average molecular weight is 314 g/mol. The number of halogens is 1. The molecule has 1 aliphatic rings. The highest BCUT2D eigenvalue weighted by atomic mass is 35.5. The van der Waals surface area contributed by atoms with E-state index in [9.17, 15) is 8.42 Å². The molecule has 0 spiro atoms. The first-order valence-electron chi connectivity index (χ1n) is 6.82. The van der Waals surface area contributed by atoms with Crippen LogP contribution in [0.4, 0.5) is 0 Å². The quantitative estimate of drug-likeness (QED) is 0.807.